The van der Waals surface area contributed by atoms with E-state index in [-0.39, 0.29) is 11.2 Å². The third-order valence-corrected chi connectivity index (χ3v) is 5.75. The Morgan fingerprint density at radius 3 is 2.26 bits per heavy atom. The molecule has 0 spiro atoms. The number of halogens is 3. The second kappa shape index (κ2) is 9.61. The summed E-state index contributed by atoms with van der Waals surface area (Å²) in [6, 6.07) is 19.1. The number of anilines is 1. The van der Waals surface area contributed by atoms with Crippen LogP contribution in [-0.4, -0.2) is 27.5 Å². The molecule has 0 radical (unpaired) electrons. The lowest BCUT2D eigenvalue weighted by Crippen LogP contribution is -2.38. The van der Waals surface area contributed by atoms with Gasteiger partial charge in [-0.05, 0) is 55.0 Å². The van der Waals surface area contributed by atoms with E-state index in [4.69, 9.17) is 4.98 Å². The fourth-order valence-electron chi connectivity index (χ4n) is 3.93. The molecule has 1 aromatic heterocycles. The number of rotatable bonds is 5. The van der Waals surface area contributed by atoms with Crippen LogP contribution < -0.4 is 10.9 Å². The van der Waals surface area contributed by atoms with Crippen LogP contribution in [0.15, 0.2) is 83.7 Å². The fraction of sp³-hybridized carbons (Fsp3) is 0.192. The van der Waals surface area contributed by atoms with E-state index in [0.717, 1.165) is 12.1 Å². The van der Waals surface area contributed by atoms with Crippen LogP contribution in [0.2, 0.25) is 0 Å². The first kappa shape index (κ1) is 24.0. The smallest absolute Gasteiger partial charge is 0.317 e. The summed E-state index contributed by atoms with van der Waals surface area (Å²) in [5.41, 5.74) is 0.279. The molecule has 0 aliphatic heterocycles. The molecule has 1 unspecified atom stereocenters. The summed E-state index contributed by atoms with van der Waals surface area (Å²) in [5, 5.41) is 3.07. The summed E-state index contributed by atoms with van der Waals surface area (Å²) >= 11 is 0. The number of amides is 2. The Hall–Kier alpha value is -4.14. The number of carbonyl (C=O) groups excluding carboxylic acids is 1. The Morgan fingerprint density at radius 2 is 1.63 bits per heavy atom. The highest BCUT2D eigenvalue weighted by atomic mass is 19.4. The molecule has 9 heteroatoms. The van der Waals surface area contributed by atoms with Gasteiger partial charge in [-0.15, -0.1) is 0 Å². The van der Waals surface area contributed by atoms with Crippen LogP contribution in [0.25, 0.3) is 16.6 Å². The second-order valence-electron chi connectivity index (χ2n) is 8.00. The monoisotopic (exact) mass is 480 g/mol. The van der Waals surface area contributed by atoms with Crippen LogP contribution in [0.3, 0.4) is 0 Å². The first-order valence-corrected chi connectivity index (χ1v) is 11.0. The first-order chi connectivity index (χ1) is 16.7. The summed E-state index contributed by atoms with van der Waals surface area (Å²) in [6.45, 7) is 1.86. The predicted octanol–water partition coefficient (Wildman–Crippen LogP) is 6.02. The normalized spacial score (nSPS) is 12.4. The number of nitrogens with one attached hydrogen (secondary N) is 1. The lowest BCUT2D eigenvalue weighted by atomic mass is 10.1. The number of nitrogens with zero attached hydrogens (tertiary/aromatic N) is 3. The van der Waals surface area contributed by atoms with Crippen LogP contribution in [-0.2, 0) is 6.18 Å². The predicted molar refractivity (Wildman–Crippen MR) is 129 cm³/mol. The average molecular weight is 480 g/mol. The van der Waals surface area contributed by atoms with Gasteiger partial charge in [0.1, 0.15) is 5.82 Å². The Morgan fingerprint density at radius 1 is 1.00 bits per heavy atom. The van der Waals surface area contributed by atoms with Gasteiger partial charge < -0.3 is 10.2 Å². The molecule has 35 heavy (non-hydrogen) atoms. The lowest BCUT2D eigenvalue weighted by molar-refractivity contribution is -0.137. The molecule has 4 aromatic rings. The molecule has 4 rings (SSSR count). The van der Waals surface area contributed by atoms with Gasteiger partial charge in [0, 0.05) is 12.7 Å². The topological polar surface area (TPSA) is 67.2 Å². The Kier molecular flexibility index (Phi) is 6.59. The minimum atomic E-state index is -4.46. The molecule has 0 fully saturated rings. The maximum atomic E-state index is 13.5. The maximum Gasteiger partial charge on any atom is 0.416 e. The largest absolute Gasteiger partial charge is 0.416 e. The molecule has 0 saturated carbocycles. The third-order valence-electron chi connectivity index (χ3n) is 5.75. The van der Waals surface area contributed by atoms with Crippen molar-refractivity contribution in [2.45, 2.75) is 25.6 Å². The molecule has 6 nitrogen and oxygen atoms in total. The molecule has 1 heterocycles. The summed E-state index contributed by atoms with van der Waals surface area (Å²) in [6.07, 6.45) is -4.02. The van der Waals surface area contributed by atoms with Gasteiger partial charge in [-0.1, -0.05) is 37.3 Å². The van der Waals surface area contributed by atoms with Gasteiger partial charge in [-0.2, -0.15) is 13.2 Å². The number of carbonyl (C=O) groups is 1. The Labute approximate surface area is 199 Å². The molecule has 0 aliphatic rings. The van der Waals surface area contributed by atoms with Crippen molar-refractivity contribution in [3.05, 3.63) is 101 Å². The Bertz CT molecular complexity index is 1400. The summed E-state index contributed by atoms with van der Waals surface area (Å²) < 4.78 is 40.0. The van der Waals surface area contributed by atoms with Gasteiger partial charge in [0.25, 0.3) is 5.56 Å². The first-order valence-electron chi connectivity index (χ1n) is 11.0. The number of hydrogen-bond donors (Lipinski definition) is 1. The van der Waals surface area contributed by atoms with E-state index in [2.05, 4.69) is 5.32 Å². The molecule has 2 amide bonds. The van der Waals surface area contributed by atoms with Crippen molar-refractivity contribution in [1.82, 2.24) is 14.5 Å². The Balaban J connectivity index is 1.72. The van der Waals surface area contributed by atoms with Crippen molar-refractivity contribution < 1.29 is 18.0 Å². The lowest BCUT2D eigenvalue weighted by Gasteiger charge is -2.29. The summed E-state index contributed by atoms with van der Waals surface area (Å²) in [5.74, 6) is 0.382. The molecule has 0 bridgehead atoms. The van der Waals surface area contributed by atoms with Gasteiger partial charge in [-0.25, -0.2) is 9.78 Å². The zero-order valence-corrected chi connectivity index (χ0v) is 19.1. The SMILES string of the molecule is CCC(c1nc2ccccc2c(=O)n1-c1ccccc1)N(C)C(=O)Nc1ccc(C(F)(F)F)cc1. The highest BCUT2D eigenvalue weighted by molar-refractivity contribution is 5.89. The number of para-hydroxylation sites is 2. The number of aromatic nitrogens is 2. The minimum absolute atomic E-state index is 0.219. The molecular formula is C26H23F3N4O2. The quantitative estimate of drug-likeness (QED) is 0.380. The second-order valence-corrected chi connectivity index (χ2v) is 8.00. The number of urea groups is 1. The van der Waals surface area contributed by atoms with E-state index in [1.165, 1.54) is 21.6 Å². The van der Waals surface area contributed by atoms with Crippen LogP contribution in [0, 0.1) is 0 Å². The van der Waals surface area contributed by atoms with Gasteiger partial charge in [-0.3, -0.25) is 9.36 Å². The van der Waals surface area contributed by atoms with E-state index in [9.17, 15) is 22.8 Å². The van der Waals surface area contributed by atoms with Crippen LogP contribution in [0.1, 0.15) is 30.8 Å². The molecule has 1 N–H and O–H groups in total. The molecule has 0 saturated heterocycles. The zero-order valence-electron chi connectivity index (χ0n) is 19.1. The minimum Gasteiger partial charge on any atom is -0.317 e. The molecule has 0 aliphatic carbocycles. The van der Waals surface area contributed by atoms with E-state index < -0.39 is 23.8 Å². The molecule has 180 valence electrons. The van der Waals surface area contributed by atoms with Crippen molar-refractivity contribution in [3.8, 4) is 5.69 Å². The number of alkyl halides is 3. The average Bonchev–Trinajstić information content (AvgIpc) is 2.85. The standard InChI is InChI=1S/C26H23F3N4O2/c1-3-22(32(2)25(35)30-18-15-13-17(14-16-18)26(27,28)29)23-31-21-12-8-7-11-20(21)24(34)33(23)19-9-5-4-6-10-19/h4-16,22H,3H2,1-2H3,(H,30,35). The summed E-state index contributed by atoms with van der Waals surface area (Å²) in [4.78, 5) is 32.7. The van der Waals surface area contributed by atoms with Gasteiger partial charge in [0.2, 0.25) is 0 Å². The number of hydrogen-bond acceptors (Lipinski definition) is 3. The zero-order chi connectivity index (χ0) is 25.2. The van der Waals surface area contributed by atoms with E-state index in [1.54, 1.807) is 43.4 Å². The number of fused-ring (bicyclic) bond motifs is 1. The van der Waals surface area contributed by atoms with Crippen LogP contribution in [0.5, 0.6) is 0 Å². The highest BCUT2D eigenvalue weighted by Crippen LogP contribution is 2.30. The molecule has 1 atom stereocenters. The van der Waals surface area contributed by atoms with Crippen molar-refractivity contribution in [1.29, 1.82) is 0 Å². The van der Waals surface area contributed by atoms with Gasteiger partial charge >= 0.3 is 12.2 Å². The molecular weight excluding hydrogens is 457 g/mol. The van der Waals surface area contributed by atoms with Gasteiger partial charge in [0.15, 0.2) is 0 Å². The van der Waals surface area contributed by atoms with Crippen molar-refractivity contribution in [2.75, 3.05) is 12.4 Å². The molecule has 3 aromatic carbocycles. The van der Waals surface area contributed by atoms with Gasteiger partial charge in [0.05, 0.1) is 28.2 Å². The van der Waals surface area contributed by atoms with Crippen molar-refractivity contribution in [3.63, 3.8) is 0 Å². The number of benzene rings is 3. The fourth-order valence-corrected chi connectivity index (χ4v) is 3.93. The summed E-state index contributed by atoms with van der Waals surface area (Å²) in [7, 11) is 1.56. The maximum absolute atomic E-state index is 13.5. The van der Waals surface area contributed by atoms with Crippen LogP contribution >= 0.6 is 0 Å². The van der Waals surface area contributed by atoms with Crippen LogP contribution in [0.4, 0.5) is 23.7 Å². The third kappa shape index (κ3) is 4.89. The van der Waals surface area contributed by atoms with Crippen molar-refractivity contribution >= 4 is 22.6 Å². The van der Waals surface area contributed by atoms with E-state index in [1.807, 2.05) is 25.1 Å². The van der Waals surface area contributed by atoms with E-state index in [0.29, 0.717) is 28.8 Å². The van der Waals surface area contributed by atoms with E-state index >= 15 is 0 Å². The highest BCUT2D eigenvalue weighted by Gasteiger charge is 2.30. The van der Waals surface area contributed by atoms with Crippen molar-refractivity contribution in [2.24, 2.45) is 0 Å².